The van der Waals surface area contributed by atoms with E-state index in [2.05, 4.69) is 31.9 Å². The molecule has 0 saturated carbocycles. The molecule has 0 aliphatic carbocycles. The van der Waals surface area contributed by atoms with Crippen LogP contribution in [0.4, 0.5) is 0 Å². The Hall–Kier alpha value is -3.18. The third-order valence-electron chi connectivity index (χ3n) is 6.97. The Kier molecular flexibility index (Phi) is 19.9. The molecule has 230 valence electrons. The van der Waals surface area contributed by atoms with Crippen molar-refractivity contribution in [1.82, 2.24) is 31.9 Å². The van der Waals surface area contributed by atoms with Crippen molar-refractivity contribution in [3.63, 3.8) is 0 Å². The van der Waals surface area contributed by atoms with E-state index in [1.54, 1.807) is 13.8 Å². The topological polar surface area (TPSA) is 175 Å². The van der Waals surface area contributed by atoms with Crippen molar-refractivity contribution in [2.45, 2.75) is 104 Å². The first kappa shape index (κ1) is 36.8. The lowest BCUT2D eigenvalue weighted by Crippen LogP contribution is -2.48. The highest BCUT2D eigenvalue weighted by Gasteiger charge is 2.24. The number of carbonyl (C=O) groups excluding carboxylic acids is 6. The summed E-state index contributed by atoms with van der Waals surface area (Å²) in [6, 6.07) is -1.54. The summed E-state index contributed by atoms with van der Waals surface area (Å²) in [5.74, 6) is -1.88. The highest BCUT2D eigenvalue weighted by atomic mass is 16.2. The third-order valence-corrected chi connectivity index (χ3v) is 6.97. The number of rotatable bonds is 21. The van der Waals surface area contributed by atoms with E-state index in [9.17, 15) is 28.8 Å². The first-order valence-electron chi connectivity index (χ1n) is 14.6. The van der Waals surface area contributed by atoms with Crippen molar-refractivity contribution in [2.24, 2.45) is 11.8 Å². The number of hydrogen-bond donors (Lipinski definition) is 6. The van der Waals surface area contributed by atoms with Crippen molar-refractivity contribution in [3.8, 4) is 0 Å². The minimum absolute atomic E-state index is 0.134. The van der Waals surface area contributed by atoms with Crippen LogP contribution in [0.15, 0.2) is 0 Å². The smallest absolute Gasteiger partial charge is 0.242 e. The van der Waals surface area contributed by atoms with Crippen LogP contribution in [0, 0.1) is 11.8 Å². The van der Waals surface area contributed by atoms with Crippen LogP contribution in [0.1, 0.15) is 91.9 Å². The normalized spacial score (nSPS) is 13.7. The second-order valence-corrected chi connectivity index (χ2v) is 10.2. The van der Waals surface area contributed by atoms with Gasteiger partial charge in [0, 0.05) is 51.9 Å². The summed E-state index contributed by atoms with van der Waals surface area (Å²) in [6.45, 7) is 8.24. The summed E-state index contributed by atoms with van der Waals surface area (Å²) in [5, 5.41) is 16.2. The van der Waals surface area contributed by atoms with Crippen LogP contribution in [-0.4, -0.2) is 74.7 Å². The van der Waals surface area contributed by atoms with E-state index in [4.69, 9.17) is 0 Å². The third kappa shape index (κ3) is 16.0. The summed E-state index contributed by atoms with van der Waals surface area (Å²) in [6.07, 6.45) is 5.10. The number of nitrogens with one attached hydrogen (secondary N) is 6. The van der Waals surface area contributed by atoms with Gasteiger partial charge in [-0.2, -0.15) is 0 Å². The van der Waals surface area contributed by atoms with E-state index in [1.165, 1.54) is 14.1 Å². The summed E-state index contributed by atoms with van der Waals surface area (Å²) < 4.78 is 0. The molecule has 0 spiro atoms. The zero-order valence-electron chi connectivity index (χ0n) is 25.2. The molecule has 0 heterocycles. The van der Waals surface area contributed by atoms with Gasteiger partial charge in [0.1, 0.15) is 12.1 Å². The van der Waals surface area contributed by atoms with E-state index < -0.39 is 12.1 Å². The van der Waals surface area contributed by atoms with Gasteiger partial charge in [0.15, 0.2) is 0 Å². The Labute approximate surface area is 239 Å². The average Bonchev–Trinajstić information content (AvgIpc) is 2.96. The molecule has 0 aromatic rings. The van der Waals surface area contributed by atoms with Crippen molar-refractivity contribution in [2.75, 3.05) is 27.2 Å². The number of carbonyl (C=O) groups is 6. The largest absolute Gasteiger partial charge is 0.359 e. The number of hydrogen-bond acceptors (Lipinski definition) is 6. The maximum absolute atomic E-state index is 12.7. The lowest BCUT2D eigenvalue weighted by molar-refractivity contribution is -0.131. The van der Waals surface area contributed by atoms with Crippen LogP contribution in [-0.2, 0) is 28.8 Å². The second kappa shape index (κ2) is 21.6. The predicted octanol–water partition coefficient (Wildman–Crippen LogP) is 0.893. The Morgan fingerprint density at radius 1 is 0.550 bits per heavy atom. The minimum Gasteiger partial charge on any atom is -0.359 e. The Morgan fingerprint density at radius 3 is 1.20 bits per heavy atom. The molecule has 0 aliphatic heterocycles. The molecule has 0 saturated heterocycles. The van der Waals surface area contributed by atoms with Crippen molar-refractivity contribution >= 4 is 35.4 Å². The number of amides is 6. The van der Waals surface area contributed by atoms with Gasteiger partial charge in [-0.15, -0.1) is 0 Å². The van der Waals surface area contributed by atoms with Crippen molar-refractivity contribution in [3.05, 3.63) is 0 Å². The van der Waals surface area contributed by atoms with Gasteiger partial charge in [-0.25, -0.2) is 0 Å². The first-order chi connectivity index (χ1) is 19.0. The minimum atomic E-state index is -0.772. The monoisotopic (exact) mass is 568 g/mol. The molecule has 12 heteroatoms. The molecule has 6 amide bonds. The van der Waals surface area contributed by atoms with Gasteiger partial charge in [-0.05, 0) is 38.5 Å². The maximum atomic E-state index is 12.7. The SMILES string of the molecule is CC[C@H](C)C(=O)N[C@@H](CCC(=O)NC)C(=O)NCCCCCCNC(=O)[C@H](CCC(=O)NC)NC(=O)[C@@H](C)CC. The molecule has 0 rings (SSSR count). The van der Waals surface area contributed by atoms with Crippen molar-refractivity contribution < 1.29 is 28.8 Å². The molecule has 40 heavy (non-hydrogen) atoms. The van der Waals surface area contributed by atoms with Gasteiger partial charge >= 0.3 is 0 Å². The molecule has 0 aromatic heterocycles. The van der Waals surface area contributed by atoms with Crippen LogP contribution in [0.3, 0.4) is 0 Å². The molecule has 0 aliphatic rings. The summed E-state index contributed by atoms with van der Waals surface area (Å²) >= 11 is 0. The maximum Gasteiger partial charge on any atom is 0.242 e. The average molecular weight is 569 g/mol. The Bertz CT molecular complexity index is 755. The van der Waals surface area contributed by atoms with Crippen LogP contribution >= 0.6 is 0 Å². The van der Waals surface area contributed by atoms with E-state index in [-0.39, 0.29) is 73.0 Å². The fraction of sp³-hybridized carbons (Fsp3) is 0.786. The van der Waals surface area contributed by atoms with Gasteiger partial charge in [0.2, 0.25) is 35.4 Å². The van der Waals surface area contributed by atoms with Crippen LogP contribution in [0.25, 0.3) is 0 Å². The van der Waals surface area contributed by atoms with Gasteiger partial charge in [0.25, 0.3) is 0 Å². The summed E-state index contributed by atoms with van der Waals surface area (Å²) in [4.78, 5) is 73.1. The second-order valence-electron chi connectivity index (χ2n) is 10.2. The Morgan fingerprint density at radius 2 is 0.900 bits per heavy atom. The lowest BCUT2D eigenvalue weighted by Gasteiger charge is -2.20. The van der Waals surface area contributed by atoms with Gasteiger partial charge in [-0.1, -0.05) is 40.5 Å². The molecule has 6 N–H and O–H groups in total. The molecule has 4 atom stereocenters. The standard InChI is InChI=1S/C28H52N6O6/c1-7-19(3)25(37)33-21(13-15-23(35)29-5)27(39)31-17-11-9-10-12-18-32-28(40)22(14-16-24(36)30-6)34-26(38)20(4)8-2/h19-22H,7-18H2,1-6H3,(H,29,35)(H,30,36)(H,31,39)(H,32,40)(H,33,37)(H,34,38)/t19-,20-,21-,22-/m0/s1. The fourth-order valence-electron chi connectivity index (χ4n) is 3.61. The van der Waals surface area contributed by atoms with Crippen LogP contribution < -0.4 is 31.9 Å². The first-order valence-corrected chi connectivity index (χ1v) is 14.6. The Balaban J connectivity index is 4.51. The summed E-state index contributed by atoms with van der Waals surface area (Å²) in [5.41, 5.74) is 0. The molecule has 0 bridgehead atoms. The zero-order chi connectivity index (χ0) is 30.5. The molecule has 0 radical (unpaired) electrons. The van der Waals surface area contributed by atoms with Crippen LogP contribution in [0.2, 0.25) is 0 Å². The van der Waals surface area contributed by atoms with E-state index in [0.717, 1.165) is 25.7 Å². The zero-order valence-corrected chi connectivity index (χ0v) is 25.2. The van der Waals surface area contributed by atoms with Gasteiger partial charge in [0.05, 0.1) is 0 Å². The van der Waals surface area contributed by atoms with Gasteiger partial charge < -0.3 is 31.9 Å². The lowest BCUT2D eigenvalue weighted by atomic mass is 10.1. The summed E-state index contributed by atoms with van der Waals surface area (Å²) in [7, 11) is 3.05. The molecule has 12 nitrogen and oxygen atoms in total. The molecular weight excluding hydrogens is 516 g/mol. The quantitative estimate of drug-likeness (QED) is 0.112. The molecule has 0 unspecified atom stereocenters. The van der Waals surface area contributed by atoms with E-state index in [0.29, 0.717) is 25.9 Å². The molecular formula is C28H52N6O6. The molecule has 0 aromatic carbocycles. The van der Waals surface area contributed by atoms with Gasteiger partial charge in [-0.3, -0.25) is 28.8 Å². The van der Waals surface area contributed by atoms with E-state index >= 15 is 0 Å². The highest BCUT2D eigenvalue weighted by Crippen LogP contribution is 2.06. The number of unbranched alkanes of at least 4 members (excludes halogenated alkanes) is 3. The fourth-order valence-corrected chi connectivity index (χ4v) is 3.61. The van der Waals surface area contributed by atoms with Crippen LogP contribution in [0.5, 0.6) is 0 Å². The van der Waals surface area contributed by atoms with Crippen molar-refractivity contribution in [1.29, 1.82) is 0 Å². The predicted molar refractivity (Wildman–Crippen MR) is 154 cm³/mol. The highest BCUT2D eigenvalue weighted by molar-refractivity contribution is 5.89. The molecule has 0 fully saturated rings. The van der Waals surface area contributed by atoms with E-state index in [1.807, 2.05) is 13.8 Å².